The van der Waals surface area contributed by atoms with E-state index in [1.54, 1.807) is 51.5 Å². The summed E-state index contributed by atoms with van der Waals surface area (Å²) in [6.45, 7) is 1.81. The van der Waals surface area contributed by atoms with Crippen LogP contribution in [0.3, 0.4) is 0 Å². The molecule has 0 unspecified atom stereocenters. The fourth-order valence-corrected chi connectivity index (χ4v) is 1.72. The van der Waals surface area contributed by atoms with Crippen molar-refractivity contribution < 1.29 is 14.2 Å². The van der Waals surface area contributed by atoms with Gasteiger partial charge in [0.05, 0.1) is 25.9 Å². The Bertz CT molecular complexity index is 640. The van der Waals surface area contributed by atoms with Gasteiger partial charge in [0.1, 0.15) is 17.2 Å². The molecule has 0 atom stereocenters. The van der Waals surface area contributed by atoms with E-state index in [2.05, 4.69) is 11.1 Å². The van der Waals surface area contributed by atoms with Crippen LogP contribution in [0.15, 0.2) is 30.3 Å². The maximum absolute atomic E-state index is 8.94. The van der Waals surface area contributed by atoms with Gasteiger partial charge in [-0.25, -0.2) is 4.98 Å². The Hall–Kier alpha value is -2.74. The number of hydrogen-bond donors (Lipinski definition) is 0. The van der Waals surface area contributed by atoms with Crippen molar-refractivity contribution in [2.24, 2.45) is 0 Å². The molecule has 5 heteroatoms. The third-order valence-electron chi connectivity index (χ3n) is 2.61. The number of ether oxygens (including phenoxy) is 3. The zero-order valence-corrected chi connectivity index (χ0v) is 11.5. The average molecular weight is 270 g/mol. The number of aryl methyl sites for hydroxylation is 1. The van der Waals surface area contributed by atoms with E-state index >= 15 is 0 Å². The van der Waals surface area contributed by atoms with Gasteiger partial charge in [-0.15, -0.1) is 0 Å². The van der Waals surface area contributed by atoms with Gasteiger partial charge in [0.15, 0.2) is 0 Å². The van der Waals surface area contributed by atoms with E-state index in [9.17, 15) is 0 Å². The van der Waals surface area contributed by atoms with E-state index in [0.717, 1.165) is 0 Å². The van der Waals surface area contributed by atoms with E-state index in [-0.39, 0.29) is 0 Å². The Morgan fingerprint density at radius 3 is 2.10 bits per heavy atom. The summed E-state index contributed by atoms with van der Waals surface area (Å²) in [6.07, 6.45) is 0. The molecule has 102 valence electrons. The summed E-state index contributed by atoms with van der Waals surface area (Å²) in [6, 6.07) is 10.5. The zero-order valence-electron chi connectivity index (χ0n) is 11.5. The van der Waals surface area contributed by atoms with Crippen LogP contribution in [-0.2, 0) is 0 Å². The lowest BCUT2D eigenvalue weighted by atomic mass is 10.2. The molecule has 1 heterocycles. The molecule has 2 aromatic rings. The van der Waals surface area contributed by atoms with Gasteiger partial charge >= 0.3 is 0 Å². The second kappa shape index (κ2) is 5.93. The van der Waals surface area contributed by atoms with Crippen LogP contribution in [0.2, 0.25) is 0 Å². The molecule has 5 nitrogen and oxygen atoms in total. The van der Waals surface area contributed by atoms with Crippen molar-refractivity contribution in [2.75, 3.05) is 14.2 Å². The van der Waals surface area contributed by atoms with Crippen LogP contribution in [-0.4, -0.2) is 19.2 Å². The molecule has 0 aliphatic heterocycles. The minimum absolute atomic E-state index is 0.358. The average Bonchev–Trinajstić information content (AvgIpc) is 2.46. The van der Waals surface area contributed by atoms with Gasteiger partial charge in [-0.05, 0) is 13.0 Å². The molecule has 2 rings (SSSR count). The van der Waals surface area contributed by atoms with Crippen LogP contribution in [0, 0.1) is 18.3 Å². The first-order valence-electron chi connectivity index (χ1n) is 5.94. The van der Waals surface area contributed by atoms with E-state index in [1.807, 2.05) is 0 Å². The van der Waals surface area contributed by atoms with Gasteiger partial charge in [-0.2, -0.15) is 5.26 Å². The second-order valence-corrected chi connectivity index (χ2v) is 4.10. The number of methoxy groups -OCH3 is 2. The first kappa shape index (κ1) is 13.7. The van der Waals surface area contributed by atoms with Gasteiger partial charge < -0.3 is 14.2 Å². The van der Waals surface area contributed by atoms with Gasteiger partial charge in [-0.1, -0.05) is 0 Å². The molecule has 0 radical (unpaired) electrons. The maximum atomic E-state index is 8.94. The van der Waals surface area contributed by atoms with Crippen molar-refractivity contribution in [3.63, 3.8) is 0 Å². The number of benzene rings is 1. The smallest absolute Gasteiger partial charge is 0.220 e. The van der Waals surface area contributed by atoms with E-state index < -0.39 is 0 Å². The number of aromatic nitrogens is 1. The maximum Gasteiger partial charge on any atom is 0.220 e. The molecule has 0 amide bonds. The molecule has 0 aliphatic rings. The summed E-state index contributed by atoms with van der Waals surface area (Å²) in [7, 11) is 3.13. The molecule has 0 N–H and O–H groups in total. The Labute approximate surface area is 117 Å². The van der Waals surface area contributed by atoms with Crippen molar-refractivity contribution in [1.29, 1.82) is 5.26 Å². The lowest BCUT2D eigenvalue weighted by molar-refractivity contribution is 0.385. The van der Waals surface area contributed by atoms with Crippen LogP contribution in [0.4, 0.5) is 0 Å². The van der Waals surface area contributed by atoms with Crippen molar-refractivity contribution in [3.8, 4) is 29.2 Å². The monoisotopic (exact) mass is 270 g/mol. The van der Waals surface area contributed by atoms with Crippen LogP contribution in [0.5, 0.6) is 23.1 Å². The van der Waals surface area contributed by atoms with Crippen LogP contribution in [0.25, 0.3) is 0 Å². The van der Waals surface area contributed by atoms with Crippen LogP contribution >= 0.6 is 0 Å². The Balaban J connectivity index is 2.34. The van der Waals surface area contributed by atoms with Crippen LogP contribution in [0.1, 0.15) is 11.3 Å². The minimum Gasteiger partial charge on any atom is -0.496 e. The Kier molecular flexibility index (Phi) is 4.06. The third kappa shape index (κ3) is 3.18. The van der Waals surface area contributed by atoms with Crippen molar-refractivity contribution in [2.45, 2.75) is 6.92 Å². The van der Waals surface area contributed by atoms with E-state index in [4.69, 9.17) is 19.5 Å². The minimum atomic E-state index is 0.358. The lowest BCUT2D eigenvalue weighted by Crippen LogP contribution is -1.93. The van der Waals surface area contributed by atoms with E-state index in [1.165, 1.54) is 0 Å². The van der Waals surface area contributed by atoms with Gasteiger partial charge in [0.25, 0.3) is 0 Å². The standard InChI is InChI=1S/C15H14N2O3/c1-10-4-11(9-16)5-15(17-10)20-14-7-12(18-2)6-13(8-14)19-3/h4-8H,1-3H3. The van der Waals surface area contributed by atoms with Gasteiger partial charge in [0, 0.05) is 30.0 Å². The lowest BCUT2D eigenvalue weighted by Gasteiger charge is -2.10. The van der Waals surface area contributed by atoms with Gasteiger partial charge in [0.2, 0.25) is 5.88 Å². The first-order chi connectivity index (χ1) is 9.64. The van der Waals surface area contributed by atoms with E-state index in [0.29, 0.717) is 34.4 Å². The molecule has 1 aromatic heterocycles. The quantitative estimate of drug-likeness (QED) is 0.854. The molecule has 20 heavy (non-hydrogen) atoms. The molecular formula is C15H14N2O3. The van der Waals surface area contributed by atoms with Gasteiger partial charge in [-0.3, -0.25) is 0 Å². The Morgan fingerprint density at radius 2 is 1.55 bits per heavy atom. The summed E-state index contributed by atoms with van der Waals surface area (Å²) >= 11 is 0. The third-order valence-corrected chi connectivity index (χ3v) is 2.61. The number of rotatable bonds is 4. The first-order valence-corrected chi connectivity index (χ1v) is 5.94. The molecule has 0 aliphatic carbocycles. The molecular weight excluding hydrogens is 256 g/mol. The summed E-state index contributed by atoms with van der Waals surface area (Å²) in [5.41, 5.74) is 1.22. The fraction of sp³-hybridized carbons (Fsp3) is 0.200. The summed E-state index contributed by atoms with van der Waals surface area (Å²) in [5.74, 6) is 2.13. The topological polar surface area (TPSA) is 64.4 Å². The summed E-state index contributed by atoms with van der Waals surface area (Å²) in [4.78, 5) is 4.23. The highest BCUT2D eigenvalue weighted by Gasteiger charge is 2.06. The number of nitrogens with zero attached hydrogens (tertiary/aromatic N) is 2. The predicted octanol–water partition coefficient (Wildman–Crippen LogP) is 3.07. The molecule has 0 spiro atoms. The van der Waals surface area contributed by atoms with Crippen molar-refractivity contribution in [1.82, 2.24) is 4.98 Å². The highest BCUT2D eigenvalue weighted by Crippen LogP contribution is 2.30. The largest absolute Gasteiger partial charge is 0.496 e. The zero-order chi connectivity index (χ0) is 14.5. The predicted molar refractivity (Wildman–Crippen MR) is 73.3 cm³/mol. The number of nitriles is 1. The molecule has 0 fully saturated rings. The molecule has 0 saturated heterocycles. The number of pyridine rings is 1. The highest BCUT2D eigenvalue weighted by atomic mass is 16.5. The Morgan fingerprint density at radius 1 is 0.950 bits per heavy atom. The number of hydrogen-bond acceptors (Lipinski definition) is 5. The summed E-state index contributed by atoms with van der Waals surface area (Å²) in [5, 5.41) is 8.94. The summed E-state index contributed by atoms with van der Waals surface area (Å²) < 4.78 is 16.0. The second-order valence-electron chi connectivity index (χ2n) is 4.10. The van der Waals surface area contributed by atoms with Crippen molar-refractivity contribution >= 4 is 0 Å². The molecule has 0 saturated carbocycles. The highest BCUT2D eigenvalue weighted by molar-refractivity contribution is 5.44. The van der Waals surface area contributed by atoms with Crippen LogP contribution < -0.4 is 14.2 Å². The molecule has 1 aromatic carbocycles. The van der Waals surface area contributed by atoms with Crippen molar-refractivity contribution in [3.05, 3.63) is 41.6 Å². The fourth-order valence-electron chi connectivity index (χ4n) is 1.72. The molecule has 0 bridgehead atoms. The normalized spacial score (nSPS) is 9.70. The SMILES string of the molecule is COc1cc(OC)cc(Oc2cc(C#N)cc(C)n2)c1.